The summed E-state index contributed by atoms with van der Waals surface area (Å²) in [6.07, 6.45) is 0. The van der Waals surface area contributed by atoms with Crippen LogP contribution in [0.2, 0.25) is 0 Å². The molecule has 0 atom stereocenters. The molecular formula is C21H17FN2O5. The van der Waals surface area contributed by atoms with E-state index in [9.17, 15) is 19.3 Å². The van der Waals surface area contributed by atoms with Gasteiger partial charge in [-0.05, 0) is 35.9 Å². The third-order valence-electron chi connectivity index (χ3n) is 3.88. The largest absolute Gasteiger partial charge is 0.489 e. The van der Waals surface area contributed by atoms with E-state index in [1.165, 1.54) is 0 Å². The number of non-ortho nitro benzene ring substituents is 1. The first kappa shape index (κ1) is 19.8. The maximum absolute atomic E-state index is 13.7. The summed E-state index contributed by atoms with van der Waals surface area (Å²) < 4.78 is 24.7. The maximum Gasteiger partial charge on any atom is 0.271 e. The van der Waals surface area contributed by atoms with E-state index in [4.69, 9.17) is 9.47 Å². The lowest BCUT2D eigenvalue weighted by molar-refractivity contribution is -0.384. The van der Waals surface area contributed by atoms with Crippen LogP contribution in [0.15, 0.2) is 72.8 Å². The molecule has 1 N–H and O–H groups in total. The lowest BCUT2D eigenvalue weighted by Gasteiger charge is -2.10. The zero-order valence-corrected chi connectivity index (χ0v) is 15.2. The van der Waals surface area contributed by atoms with Gasteiger partial charge in [-0.3, -0.25) is 14.9 Å². The molecule has 0 fully saturated rings. The third kappa shape index (κ3) is 5.77. The number of hydrogen-bond acceptors (Lipinski definition) is 5. The Balaban J connectivity index is 1.50. The van der Waals surface area contributed by atoms with E-state index in [2.05, 4.69) is 5.32 Å². The fourth-order valence-electron chi connectivity index (χ4n) is 2.43. The number of anilines is 1. The van der Waals surface area contributed by atoms with Crippen LogP contribution < -0.4 is 14.8 Å². The number of nitro benzene ring substituents is 1. The Kier molecular flexibility index (Phi) is 6.36. The fraction of sp³-hybridized carbons (Fsp3) is 0.0952. The summed E-state index contributed by atoms with van der Waals surface area (Å²) >= 11 is 0. The SMILES string of the molecule is O=C(COc1ccc(OCc2ccccc2)cc1)Nc1cc([N+](=O)[O-])ccc1F. The summed E-state index contributed by atoms with van der Waals surface area (Å²) in [7, 11) is 0. The normalized spacial score (nSPS) is 10.2. The molecule has 0 aliphatic carbocycles. The molecule has 3 aromatic carbocycles. The zero-order chi connectivity index (χ0) is 20.6. The Hall–Kier alpha value is -3.94. The van der Waals surface area contributed by atoms with Gasteiger partial charge >= 0.3 is 0 Å². The number of carbonyl (C=O) groups is 1. The van der Waals surface area contributed by atoms with Crippen molar-refractivity contribution in [3.8, 4) is 11.5 Å². The lowest BCUT2D eigenvalue weighted by Crippen LogP contribution is -2.20. The van der Waals surface area contributed by atoms with Gasteiger partial charge in [-0.1, -0.05) is 30.3 Å². The van der Waals surface area contributed by atoms with Crippen LogP contribution in [-0.4, -0.2) is 17.4 Å². The molecule has 0 saturated heterocycles. The number of ether oxygens (including phenoxy) is 2. The number of amides is 1. The van der Waals surface area contributed by atoms with Crippen molar-refractivity contribution in [3.63, 3.8) is 0 Å². The van der Waals surface area contributed by atoms with Crippen LogP contribution in [-0.2, 0) is 11.4 Å². The molecule has 0 heterocycles. The van der Waals surface area contributed by atoms with Gasteiger partial charge in [0.25, 0.3) is 11.6 Å². The number of benzene rings is 3. The van der Waals surface area contributed by atoms with Gasteiger partial charge in [0.1, 0.15) is 23.9 Å². The number of rotatable bonds is 8. The van der Waals surface area contributed by atoms with Crippen molar-refractivity contribution in [2.75, 3.05) is 11.9 Å². The molecule has 29 heavy (non-hydrogen) atoms. The number of nitrogens with one attached hydrogen (secondary N) is 1. The Morgan fingerprint density at radius 2 is 1.62 bits per heavy atom. The van der Waals surface area contributed by atoms with Gasteiger partial charge in [0, 0.05) is 12.1 Å². The van der Waals surface area contributed by atoms with Gasteiger partial charge < -0.3 is 14.8 Å². The second kappa shape index (κ2) is 9.32. The van der Waals surface area contributed by atoms with E-state index < -0.39 is 16.6 Å². The number of halogens is 1. The third-order valence-corrected chi connectivity index (χ3v) is 3.88. The lowest BCUT2D eigenvalue weighted by atomic mass is 10.2. The minimum atomic E-state index is -0.774. The van der Waals surface area contributed by atoms with Crippen LogP contribution in [0.25, 0.3) is 0 Å². The van der Waals surface area contributed by atoms with Crippen molar-refractivity contribution in [1.29, 1.82) is 0 Å². The molecule has 7 nitrogen and oxygen atoms in total. The molecule has 1 amide bonds. The second-order valence-corrected chi connectivity index (χ2v) is 6.00. The number of carbonyl (C=O) groups excluding carboxylic acids is 1. The first-order chi connectivity index (χ1) is 14.0. The molecule has 0 aromatic heterocycles. The van der Waals surface area contributed by atoms with Crippen molar-refractivity contribution in [1.82, 2.24) is 0 Å². The predicted octanol–water partition coefficient (Wildman–Crippen LogP) is 4.33. The van der Waals surface area contributed by atoms with Gasteiger partial charge in [0.15, 0.2) is 6.61 Å². The van der Waals surface area contributed by atoms with Crippen LogP contribution in [0.5, 0.6) is 11.5 Å². The highest BCUT2D eigenvalue weighted by atomic mass is 19.1. The monoisotopic (exact) mass is 396 g/mol. The minimum Gasteiger partial charge on any atom is -0.489 e. The Labute approximate surface area is 165 Å². The Morgan fingerprint density at radius 1 is 0.966 bits per heavy atom. The number of nitro groups is 1. The Bertz CT molecular complexity index is 994. The van der Waals surface area contributed by atoms with Gasteiger partial charge in [-0.25, -0.2) is 4.39 Å². The molecule has 0 radical (unpaired) electrons. The average Bonchev–Trinajstić information content (AvgIpc) is 2.73. The summed E-state index contributed by atoms with van der Waals surface area (Å²) in [5.74, 6) is -0.353. The van der Waals surface area contributed by atoms with Crippen molar-refractivity contribution < 1.29 is 23.6 Å². The molecule has 8 heteroatoms. The highest BCUT2D eigenvalue weighted by Gasteiger charge is 2.13. The first-order valence-corrected chi connectivity index (χ1v) is 8.64. The summed E-state index contributed by atoms with van der Waals surface area (Å²) in [4.78, 5) is 22.0. The van der Waals surface area contributed by atoms with E-state index in [-0.39, 0.29) is 18.0 Å². The zero-order valence-electron chi connectivity index (χ0n) is 15.2. The van der Waals surface area contributed by atoms with Gasteiger partial charge in [0.2, 0.25) is 0 Å². The van der Waals surface area contributed by atoms with E-state index >= 15 is 0 Å². The van der Waals surface area contributed by atoms with Crippen molar-refractivity contribution in [3.05, 3.63) is 94.3 Å². The van der Waals surface area contributed by atoms with Crippen LogP contribution >= 0.6 is 0 Å². The number of nitrogens with zero attached hydrogens (tertiary/aromatic N) is 1. The quantitative estimate of drug-likeness (QED) is 0.452. The molecule has 0 unspecified atom stereocenters. The van der Waals surface area contributed by atoms with Crippen LogP contribution in [0.3, 0.4) is 0 Å². The van der Waals surface area contributed by atoms with Crippen LogP contribution in [0.1, 0.15) is 5.56 Å². The highest BCUT2D eigenvalue weighted by Crippen LogP contribution is 2.22. The summed E-state index contributed by atoms with van der Waals surface area (Å²) in [6.45, 7) is 0.0462. The van der Waals surface area contributed by atoms with Gasteiger partial charge in [-0.15, -0.1) is 0 Å². The predicted molar refractivity (Wildman–Crippen MR) is 104 cm³/mol. The fourth-order valence-corrected chi connectivity index (χ4v) is 2.43. The first-order valence-electron chi connectivity index (χ1n) is 8.64. The molecule has 148 valence electrons. The topological polar surface area (TPSA) is 90.7 Å². The summed E-state index contributed by atoms with van der Waals surface area (Å²) in [6, 6.07) is 19.3. The van der Waals surface area contributed by atoms with Gasteiger partial charge in [-0.2, -0.15) is 0 Å². The maximum atomic E-state index is 13.7. The molecule has 0 aliphatic heterocycles. The molecule has 3 aromatic rings. The molecule has 0 bridgehead atoms. The summed E-state index contributed by atoms with van der Waals surface area (Å²) in [5, 5.41) is 13.0. The number of hydrogen-bond donors (Lipinski definition) is 1. The van der Waals surface area contributed by atoms with Crippen molar-refractivity contribution in [2.45, 2.75) is 6.61 Å². The van der Waals surface area contributed by atoms with Crippen LogP contribution in [0.4, 0.5) is 15.8 Å². The molecule has 0 aliphatic rings. The molecule has 3 rings (SSSR count). The summed E-state index contributed by atoms with van der Waals surface area (Å²) in [5.41, 5.74) is 0.434. The van der Waals surface area contributed by atoms with Crippen molar-refractivity contribution in [2.24, 2.45) is 0 Å². The highest BCUT2D eigenvalue weighted by molar-refractivity contribution is 5.92. The second-order valence-electron chi connectivity index (χ2n) is 6.00. The van der Waals surface area contributed by atoms with E-state index in [1.54, 1.807) is 24.3 Å². The Morgan fingerprint density at radius 3 is 2.28 bits per heavy atom. The molecule has 0 saturated carbocycles. The van der Waals surface area contributed by atoms with Gasteiger partial charge in [0.05, 0.1) is 10.6 Å². The van der Waals surface area contributed by atoms with E-state index in [0.717, 1.165) is 23.8 Å². The standard InChI is InChI=1S/C21H17FN2O5/c22-19-11-6-16(24(26)27)12-20(19)23-21(25)14-29-18-9-7-17(8-10-18)28-13-15-4-2-1-3-5-15/h1-12H,13-14H2,(H,23,25). The molecule has 0 spiro atoms. The minimum absolute atomic E-state index is 0.280. The van der Waals surface area contributed by atoms with Crippen LogP contribution in [0, 0.1) is 15.9 Å². The van der Waals surface area contributed by atoms with Crippen molar-refractivity contribution >= 4 is 17.3 Å². The average molecular weight is 396 g/mol. The molecular weight excluding hydrogens is 379 g/mol. The van der Waals surface area contributed by atoms with E-state index in [1.807, 2.05) is 30.3 Å². The van der Waals surface area contributed by atoms with E-state index in [0.29, 0.717) is 18.1 Å². The smallest absolute Gasteiger partial charge is 0.271 e.